The fourth-order valence-electron chi connectivity index (χ4n) is 4.37. The molecule has 0 bridgehead atoms. The number of nitrogens with zero attached hydrogens (tertiary/aromatic N) is 3. The van der Waals surface area contributed by atoms with E-state index in [1.165, 1.54) is 61.5 Å². The van der Waals surface area contributed by atoms with Crippen molar-refractivity contribution in [3.8, 4) is 11.3 Å². The molecule has 2 aromatic rings. The molecule has 0 saturated carbocycles. The molecule has 4 nitrogen and oxygen atoms in total. The Kier molecular flexibility index (Phi) is 5.44. The lowest BCUT2D eigenvalue weighted by Crippen LogP contribution is -2.55. The van der Waals surface area contributed by atoms with Gasteiger partial charge in [-0.15, -0.1) is 0 Å². The maximum absolute atomic E-state index is 4.35. The second kappa shape index (κ2) is 7.94. The highest BCUT2D eigenvalue weighted by atomic mass is 32.2. The van der Waals surface area contributed by atoms with Crippen LogP contribution in [0.15, 0.2) is 36.5 Å². The van der Waals surface area contributed by atoms with Crippen molar-refractivity contribution in [2.24, 2.45) is 0 Å². The van der Waals surface area contributed by atoms with E-state index in [-0.39, 0.29) is 0 Å². The SMILES string of the molecule is CSCC[C@@H]1CN2CCC[C@H]2CN1Cc1cn[nH]c1-c1ccccc1. The normalized spacial score (nSPS) is 24.5. The van der Waals surface area contributed by atoms with Crippen molar-refractivity contribution < 1.29 is 0 Å². The Bertz CT molecular complexity index is 671. The zero-order valence-corrected chi connectivity index (χ0v) is 15.8. The first-order valence-electron chi connectivity index (χ1n) is 9.40. The predicted octanol–water partition coefficient (Wildman–Crippen LogP) is 3.48. The third-order valence-electron chi connectivity index (χ3n) is 5.71. The second-order valence-corrected chi connectivity index (χ2v) is 8.28. The number of fused-ring (bicyclic) bond motifs is 1. The van der Waals surface area contributed by atoms with Gasteiger partial charge >= 0.3 is 0 Å². The molecule has 5 heteroatoms. The smallest absolute Gasteiger partial charge is 0.0695 e. The van der Waals surface area contributed by atoms with Crippen LogP contribution in [0.4, 0.5) is 0 Å². The van der Waals surface area contributed by atoms with Crippen LogP contribution in [0, 0.1) is 0 Å². The summed E-state index contributed by atoms with van der Waals surface area (Å²) >= 11 is 1.97. The van der Waals surface area contributed by atoms with Gasteiger partial charge < -0.3 is 0 Å². The first-order chi connectivity index (χ1) is 12.3. The van der Waals surface area contributed by atoms with Crippen LogP contribution in [-0.4, -0.2) is 63.7 Å². The average molecular weight is 357 g/mol. The third-order valence-corrected chi connectivity index (χ3v) is 6.36. The largest absolute Gasteiger partial charge is 0.298 e. The molecule has 0 amide bonds. The van der Waals surface area contributed by atoms with Gasteiger partial charge in [0.05, 0.1) is 11.9 Å². The van der Waals surface area contributed by atoms with Gasteiger partial charge in [0.15, 0.2) is 0 Å². The number of piperazine rings is 1. The molecule has 4 rings (SSSR count). The van der Waals surface area contributed by atoms with E-state index in [1.807, 2.05) is 18.0 Å². The van der Waals surface area contributed by atoms with Gasteiger partial charge in [-0.1, -0.05) is 30.3 Å². The van der Waals surface area contributed by atoms with Gasteiger partial charge in [-0.25, -0.2) is 0 Å². The maximum Gasteiger partial charge on any atom is 0.0695 e. The lowest BCUT2D eigenvalue weighted by atomic mass is 10.0. The first kappa shape index (κ1) is 17.1. The number of aromatic amines is 1. The minimum Gasteiger partial charge on any atom is -0.298 e. The Morgan fingerprint density at radius 1 is 1.24 bits per heavy atom. The Morgan fingerprint density at radius 2 is 2.12 bits per heavy atom. The van der Waals surface area contributed by atoms with Gasteiger partial charge in [0, 0.05) is 37.3 Å². The molecule has 1 aromatic heterocycles. The number of rotatable bonds is 6. The number of benzene rings is 1. The van der Waals surface area contributed by atoms with Crippen LogP contribution in [-0.2, 0) is 6.54 Å². The number of aromatic nitrogens is 2. The second-order valence-electron chi connectivity index (χ2n) is 7.29. The van der Waals surface area contributed by atoms with Gasteiger partial charge in [-0.2, -0.15) is 16.9 Å². The fraction of sp³-hybridized carbons (Fsp3) is 0.550. The molecule has 0 aliphatic carbocycles. The molecule has 1 N–H and O–H groups in total. The van der Waals surface area contributed by atoms with Crippen molar-refractivity contribution in [2.75, 3.05) is 31.6 Å². The summed E-state index contributed by atoms with van der Waals surface area (Å²) in [5, 5.41) is 7.58. The molecule has 3 heterocycles. The van der Waals surface area contributed by atoms with E-state index >= 15 is 0 Å². The minimum absolute atomic E-state index is 0.667. The molecule has 0 spiro atoms. The van der Waals surface area contributed by atoms with Crippen molar-refractivity contribution in [3.05, 3.63) is 42.1 Å². The zero-order chi connectivity index (χ0) is 17.1. The van der Waals surface area contributed by atoms with Gasteiger partial charge in [0.2, 0.25) is 0 Å². The first-order valence-corrected chi connectivity index (χ1v) is 10.8. The van der Waals surface area contributed by atoms with Crippen molar-refractivity contribution in [1.82, 2.24) is 20.0 Å². The molecule has 2 aliphatic rings. The number of thioether (sulfide) groups is 1. The quantitative estimate of drug-likeness (QED) is 0.859. The van der Waals surface area contributed by atoms with Gasteiger partial charge in [-0.05, 0) is 43.4 Å². The van der Waals surface area contributed by atoms with E-state index in [2.05, 4.69) is 56.6 Å². The minimum atomic E-state index is 0.667. The highest BCUT2D eigenvalue weighted by molar-refractivity contribution is 7.98. The topological polar surface area (TPSA) is 35.2 Å². The molecular formula is C20H28N4S. The van der Waals surface area contributed by atoms with E-state index in [0.717, 1.165) is 12.6 Å². The van der Waals surface area contributed by atoms with E-state index < -0.39 is 0 Å². The fourth-order valence-corrected chi connectivity index (χ4v) is 4.88. The van der Waals surface area contributed by atoms with Crippen LogP contribution in [0.25, 0.3) is 11.3 Å². The predicted molar refractivity (Wildman–Crippen MR) is 106 cm³/mol. The van der Waals surface area contributed by atoms with Gasteiger partial charge in [-0.3, -0.25) is 14.9 Å². The lowest BCUT2D eigenvalue weighted by molar-refractivity contribution is 0.0443. The number of hydrogen-bond donors (Lipinski definition) is 1. The Balaban J connectivity index is 1.53. The van der Waals surface area contributed by atoms with Crippen LogP contribution >= 0.6 is 11.8 Å². The van der Waals surface area contributed by atoms with Crippen molar-refractivity contribution in [3.63, 3.8) is 0 Å². The monoisotopic (exact) mass is 356 g/mol. The summed E-state index contributed by atoms with van der Waals surface area (Å²) in [5.74, 6) is 1.25. The number of nitrogens with one attached hydrogen (secondary N) is 1. The average Bonchev–Trinajstić information content (AvgIpc) is 3.29. The van der Waals surface area contributed by atoms with Gasteiger partial charge in [0.25, 0.3) is 0 Å². The molecule has 2 atom stereocenters. The van der Waals surface area contributed by atoms with E-state index in [4.69, 9.17) is 0 Å². The highest BCUT2D eigenvalue weighted by Crippen LogP contribution is 2.29. The molecule has 25 heavy (non-hydrogen) atoms. The summed E-state index contributed by atoms with van der Waals surface area (Å²) in [6.07, 6.45) is 8.25. The van der Waals surface area contributed by atoms with Crippen LogP contribution in [0.3, 0.4) is 0 Å². The number of H-pyrrole nitrogens is 1. The molecule has 0 radical (unpaired) electrons. The standard InChI is InChI=1S/C20H28N4S/c1-25-11-9-19-14-23-10-5-8-18(23)15-24(19)13-17-12-21-22-20(17)16-6-3-2-4-7-16/h2-4,6-7,12,18-19H,5,8-11,13-15H2,1H3,(H,21,22)/t18-,19+/m0/s1. The van der Waals surface area contributed by atoms with Crippen molar-refractivity contribution in [2.45, 2.75) is 37.9 Å². The van der Waals surface area contributed by atoms with Gasteiger partial charge in [0.1, 0.15) is 0 Å². The molecule has 2 saturated heterocycles. The molecule has 134 valence electrons. The van der Waals surface area contributed by atoms with Crippen LogP contribution in [0.2, 0.25) is 0 Å². The summed E-state index contributed by atoms with van der Waals surface area (Å²) in [5.41, 5.74) is 3.74. The molecule has 1 aromatic carbocycles. The highest BCUT2D eigenvalue weighted by Gasteiger charge is 2.36. The summed E-state index contributed by atoms with van der Waals surface area (Å²) in [7, 11) is 0. The summed E-state index contributed by atoms with van der Waals surface area (Å²) in [4.78, 5) is 5.45. The third kappa shape index (κ3) is 3.78. The summed E-state index contributed by atoms with van der Waals surface area (Å²) < 4.78 is 0. The van der Waals surface area contributed by atoms with Crippen LogP contribution in [0.5, 0.6) is 0 Å². The van der Waals surface area contributed by atoms with Crippen LogP contribution < -0.4 is 0 Å². The van der Waals surface area contributed by atoms with E-state index in [1.54, 1.807) is 0 Å². The van der Waals surface area contributed by atoms with Crippen molar-refractivity contribution >= 4 is 11.8 Å². The molecule has 2 aliphatic heterocycles. The molecule has 0 unspecified atom stereocenters. The summed E-state index contributed by atoms with van der Waals surface area (Å²) in [6.45, 7) is 4.75. The van der Waals surface area contributed by atoms with Crippen molar-refractivity contribution in [1.29, 1.82) is 0 Å². The van der Waals surface area contributed by atoms with E-state index in [9.17, 15) is 0 Å². The lowest BCUT2D eigenvalue weighted by Gasteiger charge is -2.44. The number of hydrogen-bond acceptors (Lipinski definition) is 4. The Labute approximate surface area is 155 Å². The zero-order valence-electron chi connectivity index (χ0n) is 15.0. The van der Waals surface area contributed by atoms with E-state index in [0.29, 0.717) is 6.04 Å². The summed E-state index contributed by atoms with van der Waals surface area (Å²) in [6, 6.07) is 12.0. The molecular weight excluding hydrogens is 328 g/mol. The maximum atomic E-state index is 4.35. The Hall–Kier alpha value is -1.30. The molecule has 2 fully saturated rings. The Morgan fingerprint density at radius 3 is 2.96 bits per heavy atom. The van der Waals surface area contributed by atoms with Crippen LogP contribution in [0.1, 0.15) is 24.8 Å².